The quantitative estimate of drug-likeness (QED) is 0.903. The molecule has 1 fully saturated rings. The molecule has 0 bridgehead atoms. The Morgan fingerprint density at radius 2 is 2.10 bits per heavy atom. The van der Waals surface area contributed by atoms with Crippen LogP contribution in [0.3, 0.4) is 0 Å². The Hall–Kier alpha value is -1.13. The third kappa shape index (κ3) is 2.81. The highest BCUT2D eigenvalue weighted by molar-refractivity contribution is 9.10. The van der Waals surface area contributed by atoms with Crippen LogP contribution in [0.1, 0.15) is 48.9 Å². The van der Waals surface area contributed by atoms with Gasteiger partial charge in [-0.25, -0.2) is 4.98 Å². The van der Waals surface area contributed by atoms with E-state index in [1.807, 2.05) is 6.92 Å². The molecule has 1 saturated carbocycles. The fourth-order valence-electron chi connectivity index (χ4n) is 2.81. The molecular formula is C16H19BrN2O. The van der Waals surface area contributed by atoms with Crippen LogP contribution in [0.5, 0.6) is 0 Å². The molecule has 0 amide bonds. The second-order valence-corrected chi connectivity index (χ2v) is 6.44. The molecule has 4 heteroatoms. The SMILES string of the molecule is Cc1cnc(C(C)NC2CC(c3ccccc3Br)C2)o1. The van der Waals surface area contributed by atoms with Crippen molar-refractivity contribution in [1.29, 1.82) is 0 Å². The minimum Gasteiger partial charge on any atom is -0.444 e. The van der Waals surface area contributed by atoms with Crippen LogP contribution in [0.25, 0.3) is 0 Å². The van der Waals surface area contributed by atoms with Gasteiger partial charge in [0.15, 0.2) is 0 Å². The third-order valence-electron chi connectivity index (χ3n) is 3.98. The van der Waals surface area contributed by atoms with E-state index in [1.165, 1.54) is 22.9 Å². The van der Waals surface area contributed by atoms with Crippen molar-refractivity contribution < 1.29 is 4.42 Å². The van der Waals surface area contributed by atoms with Gasteiger partial charge in [0.2, 0.25) is 5.89 Å². The van der Waals surface area contributed by atoms with Gasteiger partial charge in [0.05, 0.1) is 12.2 Å². The number of oxazole rings is 1. The van der Waals surface area contributed by atoms with Crippen LogP contribution in [0, 0.1) is 6.92 Å². The predicted molar refractivity (Wildman–Crippen MR) is 82.7 cm³/mol. The van der Waals surface area contributed by atoms with Crippen molar-refractivity contribution in [2.75, 3.05) is 0 Å². The maximum atomic E-state index is 5.56. The summed E-state index contributed by atoms with van der Waals surface area (Å²) in [5.41, 5.74) is 1.42. The van der Waals surface area contributed by atoms with E-state index in [9.17, 15) is 0 Å². The van der Waals surface area contributed by atoms with E-state index in [0.717, 1.165) is 11.7 Å². The van der Waals surface area contributed by atoms with Crippen molar-refractivity contribution in [3.8, 4) is 0 Å². The van der Waals surface area contributed by atoms with Gasteiger partial charge in [0.25, 0.3) is 0 Å². The van der Waals surface area contributed by atoms with E-state index in [-0.39, 0.29) is 6.04 Å². The van der Waals surface area contributed by atoms with Crippen molar-refractivity contribution in [3.63, 3.8) is 0 Å². The number of aryl methyl sites for hydroxylation is 1. The van der Waals surface area contributed by atoms with E-state index < -0.39 is 0 Å². The third-order valence-corrected chi connectivity index (χ3v) is 4.70. The molecule has 1 aromatic heterocycles. The number of halogens is 1. The zero-order valence-corrected chi connectivity index (χ0v) is 13.4. The number of benzene rings is 1. The zero-order chi connectivity index (χ0) is 14.1. The maximum Gasteiger partial charge on any atom is 0.211 e. The molecule has 20 heavy (non-hydrogen) atoms. The van der Waals surface area contributed by atoms with Gasteiger partial charge in [0.1, 0.15) is 5.76 Å². The van der Waals surface area contributed by atoms with Crippen LogP contribution in [-0.4, -0.2) is 11.0 Å². The molecule has 0 aliphatic heterocycles. The predicted octanol–water partition coefficient (Wildman–Crippen LogP) is 4.34. The van der Waals surface area contributed by atoms with E-state index >= 15 is 0 Å². The maximum absolute atomic E-state index is 5.56. The monoisotopic (exact) mass is 334 g/mol. The first kappa shape index (κ1) is 13.8. The molecule has 0 spiro atoms. The van der Waals surface area contributed by atoms with E-state index in [0.29, 0.717) is 12.0 Å². The fourth-order valence-corrected chi connectivity index (χ4v) is 3.42. The number of rotatable bonds is 4. The molecule has 1 aliphatic rings. The molecule has 1 heterocycles. The molecular weight excluding hydrogens is 316 g/mol. The number of hydrogen-bond donors (Lipinski definition) is 1. The fraction of sp³-hybridized carbons (Fsp3) is 0.438. The average Bonchev–Trinajstić information content (AvgIpc) is 2.81. The van der Waals surface area contributed by atoms with E-state index in [1.54, 1.807) is 6.20 Å². The number of nitrogens with one attached hydrogen (secondary N) is 1. The highest BCUT2D eigenvalue weighted by atomic mass is 79.9. The molecule has 1 unspecified atom stereocenters. The van der Waals surface area contributed by atoms with Crippen LogP contribution in [0.15, 0.2) is 39.4 Å². The lowest BCUT2D eigenvalue weighted by atomic mass is 9.75. The first-order chi connectivity index (χ1) is 9.63. The minimum absolute atomic E-state index is 0.175. The molecule has 0 saturated heterocycles. The Kier molecular flexibility index (Phi) is 3.94. The number of hydrogen-bond acceptors (Lipinski definition) is 3. The van der Waals surface area contributed by atoms with Gasteiger partial charge < -0.3 is 9.73 Å². The lowest BCUT2D eigenvalue weighted by molar-refractivity contribution is 0.254. The van der Waals surface area contributed by atoms with Crippen molar-refractivity contribution in [1.82, 2.24) is 10.3 Å². The normalized spacial score (nSPS) is 23.4. The summed E-state index contributed by atoms with van der Waals surface area (Å²) in [5.74, 6) is 2.31. The van der Waals surface area contributed by atoms with Crippen LogP contribution in [-0.2, 0) is 0 Å². The van der Waals surface area contributed by atoms with Gasteiger partial charge in [-0.3, -0.25) is 0 Å². The highest BCUT2D eigenvalue weighted by Crippen LogP contribution is 2.40. The van der Waals surface area contributed by atoms with Gasteiger partial charge in [-0.15, -0.1) is 0 Å². The summed E-state index contributed by atoms with van der Waals surface area (Å²) in [6.07, 6.45) is 4.12. The molecule has 2 aromatic rings. The van der Waals surface area contributed by atoms with Gasteiger partial charge in [-0.1, -0.05) is 34.1 Å². The van der Waals surface area contributed by atoms with Crippen molar-refractivity contribution in [2.24, 2.45) is 0 Å². The summed E-state index contributed by atoms with van der Waals surface area (Å²) in [6.45, 7) is 4.03. The summed E-state index contributed by atoms with van der Waals surface area (Å²) in [7, 11) is 0. The number of aromatic nitrogens is 1. The Morgan fingerprint density at radius 3 is 2.75 bits per heavy atom. The molecule has 106 valence electrons. The molecule has 3 nitrogen and oxygen atoms in total. The average molecular weight is 335 g/mol. The zero-order valence-electron chi connectivity index (χ0n) is 11.8. The lowest BCUT2D eigenvalue weighted by Gasteiger charge is -2.38. The van der Waals surface area contributed by atoms with Crippen molar-refractivity contribution in [3.05, 3.63) is 52.1 Å². The summed E-state index contributed by atoms with van der Waals surface area (Å²) in [6, 6.07) is 9.23. The number of nitrogens with zero attached hydrogens (tertiary/aromatic N) is 1. The Bertz CT molecular complexity index is 590. The highest BCUT2D eigenvalue weighted by Gasteiger charge is 2.32. The topological polar surface area (TPSA) is 38.1 Å². The Balaban J connectivity index is 1.55. The summed E-state index contributed by atoms with van der Waals surface area (Å²) in [5, 5.41) is 3.59. The molecule has 1 aliphatic carbocycles. The van der Waals surface area contributed by atoms with Gasteiger partial charge in [-0.2, -0.15) is 0 Å². The van der Waals surface area contributed by atoms with Crippen LogP contribution in [0.4, 0.5) is 0 Å². The largest absolute Gasteiger partial charge is 0.444 e. The van der Waals surface area contributed by atoms with E-state index in [4.69, 9.17) is 4.42 Å². The lowest BCUT2D eigenvalue weighted by Crippen LogP contribution is -2.41. The Labute approximate surface area is 127 Å². The standard InChI is InChI=1S/C16H19BrN2O/c1-10-9-18-16(20-10)11(2)19-13-7-12(8-13)14-5-3-4-6-15(14)17/h3-6,9,11-13,19H,7-8H2,1-2H3. The molecule has 1 atom stereocenters. The first-order valence-corrected chi connectivity index (χ1v) is 7.85. The van der Waals surface area contributed by atoms with Gasteiger partial charge >= 0.3 is 0 Å². The van der Waals surface area contributed by atoms with Crippen LogP contribution >= 0.6 is 15.9 Å². The molecule has 1 aromatic carbocycles. The summed E-state index contributed by atoms with van der Waals surface area (Å²) < 4.78 is 6.79. The first-order valence-electron chi connectivity index (χ1n) is 7.06. The summed E-state index contributed by atoms with van der Waals surface area (Å²) >= 11 is 3.64. The Morgan fingerprint density at radius 1 is 1.35 bits per heavy atom. The van der Waals surface area contributed by atoms with Crippen molar-refractivity contribution >= 4 is 15.9 Å². The summed E-state index contributed by atoms with van der Waals surface area (Å²) in [4.78, 5) is 4.28. The van der Waals surface area contributed by atoms with Crippen LogP contribution < -0.4 is 5.32 Å². The van der Waals surface area contributed by atoms with Crippen molar-refractivity contribution in [2.45, 2.75) is 44.7 Å². The minimum atomic E-state index is 0.175. The smallest absolute Gasteiger partial charge is 0.211 e. The molecule has 3 rings (SSSR count). The van der Waals surface area contributed by atoms with Gasteiger partial charge in [-0.05, 0) is 44.2 Å². The molecule has 0 radical (unpaired) electrons. The molecule has 1 N–H and O–H groups in total. The second kappa shape index (κ2) is 5.70. The van der Waals surface area contributed by atoms with Gasteiger partial charge in [0, 0.05) is 10.5 Å². The van der Waals surface area contributed by atoms with Crippen LogP contribution in [0.2, 0.25) is 0 Å². The second-order valence-electron chi connectivity index (χ2n) is 5.58. The van der Waals surface area contributed by atoms with E-state index in [2.05, 4.69) is 57.4 Å².